The summed E-state index contributed by atoms with van der Waals surface area (Å²) in [5.41, 5.74) is 0.796. The van der Waals surface area contributed by atoms with E-state index in [1.54, 1.807) is 49.9 Å². The Morgan fingerprint density at radius 2 is 1.92 bits per heavy atom. The van der Waals surface area contributed by atoms with Crippen LogP contribution < -0.4 is 0 Å². The zero-order chi connectivity index (χ0) is 18.2. The minimum atomic E-state index is -3.29. The number of carbonyl (C=O) groups excluding carboxylic acids is 1. The van der Waals surface area contributed by atoms with Gasteiger partial charge in [0.05, 0.1) is 22.5 Å². The second-order valence-corrected chi connectivity index (χ2v) is 9.09. The Kier molecular flexibility index (Phi) is 4.64. The van der Waals surface area contributed by atoms with E-state index in [0.717, 1.165) is 5.56 Å². The largest absolute Gasteiger partial charge is 0.341 e. The molecular formula is C17H21N3O4S. The van der Waals surface area contributed by atoms with E-state index in [-0.39, 0.29) is 23.1 Å². The van der Waals surface area contributed by atoms with E-state index in [4.69, 9.17) is 4.52 Å². The first kappa shape index (κ1) is 17.6. The van der Waals surface area contributed by atoms with Gasteiger partial charge in [0.2, 0.25) is 11.8 Å². The van der Waals surface area contributed by atoms with Gasteiger partial charge in [-0.15, -0.1) is 0 Å². The number of nitrogens with zero attached hydrogens (tertiary/aromatic N) is 3. The summed E-state index contributed by atoms with van der Waals surface area (Å²) in [4.78, 5) is 18.5. The predicted molar refractivity (Wildman–Crippen MR) is 90.8 cm³/mol. The van der Waals surface area contributed by atoms with E-state index >= 15 is 0 Å². The zero-order valence-corrected chi connectivity index (χ0v) is 15.3. The van der Waals surface area contributed by atoms with Crippen molar-refractivity contribution >= 4 is 15.7 Å². The van der Waals surface area contributed by atoms with Gasteiger partial charge in [-0.2, -0.15) is 4.98 Å². The highest BCUT2D eigenvalue weighted by Gasteiger charge is 2.35. The number of sulfone groups is 1. The fourth-order valence-electron chi connectivity index (χ4n) is 2.67. The Bertz CT molecular complexity index is 866. The molecule has 2 aromatic rings. The molecule has 1 aliphatic rings. The fourth-order valence-corrected chi connectivity index (χ4v) is 3.73. The molecule has 0 radical (unpaired) electrons. The van der Waals surface area contributed by atoms with Crippen molar-refractivity contribution in [1.82, 2.24) is 15.0 Å². The summed E-state index contributed by atoms with van der Waals surface area (Å²) in [6, 6.07) is 6.54. The summed E-state index contributed by atoms with van der Waals surface area (Å²) in [6.45, 7) is 6.20. The molecule has 134 valence electrons. The van der Waals surface area contributed by atoms with Crippen molar-refractivity contribution in [2.75, 3.05) is 13.1 Å². The summed E-state index contributed by atoms with van der Waals surface area (Å²) in [5, 5.41) is 3.29. The van der Waals surface area contributed by atoms with Crippen LogP contribution in [0.1, 0.15) is 37.0 Å². The van der Waals surface area contributed by atoms with E-state index in [2.05, 4.69) is 10.1 Å². The van der Waals surface area contributed by atoms with Gasteiger partial charge in [-0.05, 0) is 38.5 Å². The molecule has 0 unspecified atom stereocenters. The number of carbonyl (C=O) groups is 1. The molecule has 0 saturated carbocycles. The second-order valence-electron chi connectivity index (χ2n) is 6.59. The van der Waals surface area contributed by atoms with Crippen LogP contribution >= 0.6 is 0 Å². The average Bonchev–Trinajstić information content (AvgIpc) is 2.92. The molecule has 0 N–H and O–H groups in total. The first-order valence-electron chi connectivity index (χ1n) is 8.18. The minimum Gasteiger partial charge on any atom is -0.341 e. The molecule has 3 rings (SSSR count). The average molecular weight is 363 g/mol. The van der Waals surface area contributed by atoms with Gasteiger partial charge in [0, 0.05) is 13.1 Å². The smallest absolute Gasteiger partial charge is 0.233 e. The molecule has 0 atom stereocenters. The molecule has 1 fully saturated rings. The van der Waals surface area contributed by atoms with Crippen molar-refractivity contribution < 1.29 is 17.7 Å². The third-order valence-corrected chi connectivity index (χ3v) is 6.53. The Hall–Kier alpha value is -2.22. The molecule has 1 aliphatic heterocycles. The Morgan fingerprint density at radius 1 is 1.28 bits per heavy atom. The fraction of sp³-hybridized carbons (Fsp3) is 0.471. The standard InChI is InChI=1S/C17H21N3O4S/c1-11(2)25(22,23)15-6-4-13(5-7-15)8-16(21)20-9-14(10-20)17-18-12(3)19-24-17/h4-7,11,14H,8-10H2,1-3H3. The lowest BCUT2D eigenvalue weighted by atomic mass is 9.99. The molecule has 1 aromatic heterocycles. The van der Waals surface area contributed by atoms with Crippen LogP contribution in [-0.4, -0.2) is 47.7 Å². The van der Waals surface area contributed by atoms with Crippen LogP contribution in [0.4, 0.5) is 0 Å². The van der Waals surface area contributed by atoms with Gasteiger partial charge in [0.25, 0.3) is 0 Å². The van der Waals surface area contributed by atoms with Gasteiger partial charge in [-0.25, -0.2) is 8.42 Å². The maximum absolute atomic E-state index is 12.3. The third kappa shape index (κ3) is 3.58. The molecule has 25 heavy (non-hydrogen) atoms. The lowest BCUT2D eigenvalue weighted by Gasteiger charge is -2.37. The van der Waals surface area contributed by atoms with E-state index in [0.29, 0.717) is 24.8 Å². The zero-order valence-electron chi connectivity index (χ0n) is 14.5. The highest BCUT2D eigenvalue weighted by Crippen LogP contribution is 2.26. The number of likely N-dealkylation sites (tertiary alicyclic amines) is 1. The number of hydrogen-bond donors (Lipinski definition) is 0. The molecule has 1 amide bonds. The molecule has 8 heteroatoms. The van der Waals surface area contributed by atoms with Crippen LogP contribution in [0.25, 0.3) is 0 Å². The van der Waals surface area contributed by atoms with Gasteiger partial charge in [-0.1, -0.05) is 17.3 Å². The van der Waals surface area contributed by atoms with E-state index in [1.807, 2.05) is 0 Å². The van der Waals surface area contributed by atoms with Crippen molar-refractivity contribution in [2.45, 2.75) is 43.3 Å². The lowest BCUT2D eigenvalue weighted by molar-refractivity contribution is -0.135. The number of rotatable bonds is 5. The Labute approximate surface area is 146 Å². The molecular weight excluding hydrogens is 342 g/mol. The van der Waals surface area contributed by atoms with Gasteiger partial charge < -0.3 is 9.42 Å². The minimum absolute atomic E-state index is 0.00644. The number of benzene rings is 1. The molecule has 0 aliphatic carbocycles. The highest BCUT2D eigenvalue weighted by molar-refractivity contribution is 7.92. The van der Waals surface area contributed by atoms with Crippen molar-refractivity contribution in [3.05, 3.63) is 41.5 Å². The normalized spacial score (nSPS) is 15.4. The van der Waals surface area contributed by atoms with Crippen LogP contribution in [0.3, 0.4) is 0 Å². The van der Waals surface area contributed by atoms with Crippen molar-refractivity contribution in [3.63, 3.8) is 0 Å². The second kappa shape index (κ2) is 6.59. The van der Waals surface area contributed by atoms with Gasteiger partial charge in [0.1, 0.15) is 0 Å². The lowest BCUT2D eigenvalue weighted by Crippen LogP contribution is -2.49. The van der Waals surface area contributed by atoms with Crippen LogP contribution in [0, 0.1) is 6.92 Å². The van der Waals surface area contributed by atoms with E-state index in [1.165, 1.54) is 0 Å². The highest BCUT2D eigenvalue weighted by atomic mass is 32.2. The molecule has 7 nitrogen and oxygen atoms in total. The SMILES string of the molecule is Cc1noc(C2CN(C(=O)Cc3ccc(S(=O)(=O)C(C)C)cc3)C2)n1. The quantitative estimate of drug-likeness (QED) is 0.803. The predicted octanol–water partition coefficient (Wildman–Crippen LogP) is 1.73. The molecule has 2 heterocycles. The van der Waals surface area contributed by atoms with Crippen LogP contribution in [-0.2, 0) is 21.1 Å². The maximum atomic E-state index is 12.3. The molecule has 0 spiro atoms. The third-order valence-electron chi connectivity index (χ3n) is 4.35. The monoisotopic (exact) mass is 363 g/mol. The number of amides is 1. The Morgan fingerprint density at radius 3 is 2.44 bits per heavy atom. The van der Waals surface area contributed by atoms with Crippen molar-refractivity contribution in [1.29, 1.82) is 0 Å². The van der Waals surface area contributed by atoms with Gasteiger partial charge >= 0.3 is 0 Å². The first-order chi connectivity index (χ1) is 11.8. The summed E-state index contributed by atoms with van der Waals surface area (Å²) >= 11 is 0. The van der Waals surface area contributed by atoms with Crippen LogP contribution in [0.15, 0.2) is 33.7 Å². The van der Waals surface area contributed by atoms with E-state index in [9.17, 15) is 13.2 Å². The first-order valence-corrected chi connectivity index (χ1v) is 9.73. The van der Waals surface area contributed by atoms with Crippen LogP contribution in [0.5, 0.6) is 0 Å². The van der Waals surface area contributed by atoms with Crippen molar-refractivity contribution in [3.8, 4) is 0 Å². The summed E-state index contributed by atoms with van der Waals surface area (Å²) in [6.07, 6.45) is 0.248. The van der Waals surface area contributed by atoms with Gasteiger partial charge in [-0.3, -0.25) is 4.79 Å². The Balaban J connectivity index is 1.57. The van der Waals surface area contributed by atoms with Crippen LogP contribution in [0.2, 0.25) is 0 Å². The maximum Gasteiger partial charge on any atom is 0.233 e. The summed E-state index contributed by atoms with van der Waals surface area (Å²) < 4.78 is 29.3. The molecule has 1 aromatic carbocycles. The summed E-state index contributed by atoms with van der Waals surface area (Å²) in [7, 11) is -3.29. The summed E-state index contributed by atoms with van der Waals surface area (Å²) in [5.74, 6) is 1.27. The number of aromatic nitrogens is 2. The van der Waals surface area contributed by atoms with Crippen molar-refractivity contribution in [2.24, 2.45) is 0 Å². The van der Waals surface area contributed by atoms with Gasteiger partial charge in [0.15, 0.2) is 15.7 Å². The molecule has 1 saturated heterocycles. The number of aryl methyl sites for hydroxylation is 1. The number of hydrogen-bond acceptors (Lipinski definition) is 6. The van der Waals surface area contributed by atoms with E-state index < -0.39 is 15.1 Å². The topological polar surface area (TPSA) is 93.4 Å². The molecule has 0 bridgehead atoms.